The molecule has 1 aromatic carbocycles. The molecule has 0 aliphatic carbocycles. The second kappa shape index (κ2) is 9.89. The summed E-state index contributed by atoms with van der Waals surface area (Å²) in [6.45, 7) is 1.48. The van der Waals surface area contributed by atoms with Crippen LogP contribution >= 0.6 is 47.1 Å². The summed E-state index contributed by atoms with van der Waals surface area (Å²) in [6, 6.07) is 8.06. The number of nitrogens with one attached hydrogen (secondary N) is 3. The number of nitrogens with zero attached hydrogens (tertiary/aromatic N) is 1. The van der Waals surface area contributed by atoms with Crippen molar-refractivity contribution in [3.8, 4) is 0 Å². The molecule has 23 heavy (non-hydrogen) atoms. The fourth-order valence-electron chi connectivity index (χ4n) is 1.84. The molecule has 0 spiro atoms. The number of amidine groups is 1. The summed E-state index contributed by atoms with van der Waals surface area (Å²) in [5.41, 5.74) is 3.13. The van der Waals surface area contributed by atoms with Gasteiger partial charge in [-0.15, -0.1) is 35.3 Å². The van der Waals surface area contributed by atoms with E-state index in [1.54, 1.807) is 0 Å². The van der Waals surface area contributed by atoms with Crippen LogP contribution in [0.3, 0.4) is 0 Å². The van der Waals surface area contributed by atoms with Gasteiger partial charge in [-0.3, -0.25) is 10.2 Å². The standard InChI is InChI=1S/C15H18N4OS2.HI/c1-10(20)17-15-19-13(9-22-15)8-5-11-3-6-12(7-4-11)18-14(16)21-2;/h3-4,6-7,9H,5,8H2,1-2H3,(H2,16,18)(H,17,19,20);1H. The Morgan fingerprint density at radius 3 is 2.57 bits per heavy atom. The van der Waals surface area contributed by atoms with Crippen molar-refractivity contribution in [3.05, 3.63) is 40.9 Å². The molecule has 3 N–H and O–H groups in total. The maximum atomic E-state index is 11.0. The summed E-state index contributed by atoms with van der Waals surface area (Å²) in [6.07, 6.45) is 3.60. The first kappa shape index (κ1) is 19.9. The highest BCUT2D eigenvalue weighted by atomic mass is 127. The van der Waals surface area contributed by atoms with E-state index in [1.807, 2.05) is 23.8 Å². The molecule has 0 unspecified atom stereocenters. The van der Waals surface area contributed by atoms with Gasteiger partial charge < -0.3 is 10.6 Å². The molecule has 0 fully saturated rings. The van der Waals surface area contributed by atoms with Gasteiger partial charge in [-0.05, 0) is 36.8 Å². The normalized spacial score (nSPS) is 9.83. The van der Waals surface area contributed by atoms with E-state index in [0.29, 0.717) is 10.3 Å². The fourth-order valence-corrected chi connectivity index (χ4v) is 2.85. The smallest absolute Gasteiger partial charge is 0.223 e. The molecule has 0 aliphatic heterocycles. The van der Waals surface area contributed by atoms with E-state index in [9.17, 15) is 4.79 Å². The van der Waals surface area contributed by atoms with Crippen molar-refractivity contribution in [2.24, 2.45) is 0 Å². The molecule has 1 amide bonds. The lowest BCUT2D eigenvalue weighted by atomic mass is 10.1. The lowest BCUT2D eigenvalue weighted by molar-refractivity contribution is -0.114. The van der Waals surface area contributed by atoms with Crippen molar-refractivity contribution in [2.45, 2.75) is 19.8 Å². The largest absolute Gasteiger partial charge is 0.335 e. The van der Waals surface area contributed by atoms with Gasteiger partial charge in [0.05, 0.1) is 5.69 Å². The number of benzene rings is 1. The first-order valence-electron chi connectivity index (χ1n) is 6.77. The van der Waals surface area contributed by atoms with Gasteiger partial charge in [-0.25, -0.2) is 4.98 Å². The highest BCUT2D eigenvalue weighted by Crippen LogP contribution is 2.18. The average Bonchev–Trinajstić information content (AvgIpc) is 2.93. The van der Waals surface area contributed by atoms with E-state index in [2.05, 4.69) is 27.8 Å². The Hall–Kier alpha value is -1.13. The maximum Gasteiger partial charge on any atom is 0.223 e. The van der Waals surface area contributed by atoms with E-state index in [0.717, 1.165) is 24.2 Å². The van der Waals surface area contributed by atoms with Gasteiger partial charge in [0.1, 0.15) is 0 Å². The zero-order valence-corrected chi connectivity index (χ0v) is 16.8. The molecule has 0 radical (unpaired) electrons. The second-order valence-corrected chi connectivity index (χ2v) is 6.35. The monoisotopic (exact) mass is 462 g/mol. The highest BCUT2D eigenvalue weighted by Gasteiger charge is 2.04. The van der Waals surface area contributed by atoms with Crippen molar-refractivity contribution < 1.29 is 4.79 Å². The van der Waals surface area contributed by atoms with E-state index in [1.165, 1.54) is 35.6 Å². The summed E-state index contributed by atoms with van der Waals surface area (Å²) < 4.78 is 0. The quantitative estimate of drug-likeness (QED) is 0.354. The number of amides is 1. The van der Waals surface area contributed by atoms with Gasteiger partial charge in [0.15, 0.2) is 10.3 Å². The number of hydrogen-bond acceptors (Lipinski definition) is 5. The number of carbonyl (C=O) groups is 1. The summed E-state index contributed by atoms with van der Waals surface area (Å²) in [7, 11) is 0. The van der Waals surface area contributed by atoms with Crippen LogP contribution in [0.5, 0.6) is 0 Å². The zero-order chi connectivity index (χ0) is 15.9. The van der Waals surface area contributed by atoms with Gasteiger partial charge in [-0.1, -0.05) is 23.9 Å². The fraction of sp³-hybridized carbons (Fsp3) is 0.267. The minimum Gasteiger partial charge on any atom is -0.335 e. The van der Waals surface area contributed by atoms with Gasteiger partial charge in [0.2, 0.25) is 5.91 Å². The predicted molar refractivity (Wildman–Crippen MR) is 111 cm³/mol. The molecule has 0 atom stereocenters. The minimum atomic E-state index is -0.0974. The molecule has 0 saturated carbocycles. The zero-order valence-electron chi connectivity index (χ0n) is 12.9. The third-order valence-electron chi connectivity index (χ3n) is 2.92. The van der Waals surface area contributed by atoms with Crippen molar-refractivity contribution in [3.63, 3.8) is 0 Å². The van der Waals surface area contributed by atoms with E-state index in [4.69, 9.17) is 5.41 Å². The summed E-state index contributed by atoms with van der Waals surface area (Å²) in [5.74, 6) is -0.0974. The molecule has 8 heteroatoms. The van der Waals surface area contributed by atoms with E-state index >= 15 is 0 Å². The van der Waals surface area contributed by atoms with Crippen molar-refractivity contribution in [1.29, 1.82) is 5.41 Å². The van der Waals surface area contributed by atoms with Crippen LogP contribution < -0.4 is 10.6 Å². The first-order valence-corrected chi connectivity index (χ1v) is 8.88. The molecule has 2 rings (SSSR count). The second-order valence-electron chi connectivity index (χ2n) is 4.68. The number of thioether (sulfide) groups is 1. The maximum absolute atomic E-state index is 11.0. The number of anilines is 2. The van der Waals surface area contributed by atoms with Crippen LogP contribution in [-0.4, -0.2) is 22.3 Å². The molecule has 0 bridgehead atoms. The molecular formula is C15H19IN4OS2. The Morgan fingerprint density at radius 2 is 1.96 bits per heavy atom. The van der Waals surface area contributed by atoms with Gasteiger partial charge in [0, 0.05) is 18.0 Å². The number of thiazole rings is 1. The Kier molecular flexibility index (Phi) is 8.56. The van der Waals surface area contributed by atoms with Crippen molar-refractivity contribution in [1.82, 2.24) is 4.98 Å². The van der Waals surface area contributed by atoms with Crippen LogP contribution in [0.2, 0.25) is 0 Å². The lowest BCUT2D eigenvalue weighted by Crippen LogP contribution is -2.05. The molecule has 124 valence electrons. The first-order chi connectivity index (χ1) is 10.6. The molecule has 1 aromatic heterocycles. The SMILES string of the molecule is CSC(=N)Nc1ccc(CCc2csc(NC(C)=O)n2)cc1.I. The molecule has 0 aliphatic rings. The van der Waals surface area contributed by atoms with Crippen molar-refractivity contribution in [2.75, 3.05) is 16.9 Å². The number of aromatic nitrogens is 1. The van der Waals surface area contributed by atoms with Crippen LogP contribution in [-0.2, 0) is 17.6 Å². The third kappa shape index (κ3) is 6.88. The number of carbonyl (C=O) groups excluding carboxylic acids is 1. The Balaban J connectivity index is 0.00000264. The highest BCUT2D eigenvalue weighted by molar-refractivity contribution is 14.0. The molecular weight excluding hydrogens is 443 g/mol. The van der Waals surface area contributed by atoms with Gasteiger partial charge >= 0.3 is 0 Å². The van der Waals surface area contributed by atoms with Crippen LogP contribution in [0.25, 0.3) is 0 Å². The van der Waals surface area contributed by atoms with E-state index in [-0.39, 0.29) is 29.9 Å². The Morgan fingerprint density at radius 1 is 1.26 bits per heavy atom. The lowest BCUT2D eigenvalue weighted by Gasteiger charge is -2.06. The number of halogens is 1. The number of aryl methyl sites for hydroxylation is 2. The Labute approximate surface area is 161 Å². The van der Waals surface area contributed by atoms with E-state index < -0.39 is 0 Å². The third-order valence-corrected chi connectivity index (χ3v) is 4.24. The molecule has 2 aromatic rings. The number of hydrogen-bond donors (Lipinski definition) is 3. The summed E-state index contributed by atoms with van der Waals surface area (Å²) in [5, 5.41) is 16.3. The van der Waals surface area contributed by atoms with Crippen LogP contribution in [0.1, 0.15) is 18.2 Å². The van der Waals surface area contributed by atoms with Gasteiger partial charge in [0.25, 0.3) is 0 Å². The van der Waals surface area contributed by atoms with Crippen LogP contribution in [0.15, 0.2) is 29.6 Å². The molecule has 0 saturated heterocycles. The molecule has 5 nitrogen and oxygen atoms in total. The summed E-state index contributed by atoms with van der Waals surface area (Å²) >= 11 is 2.82. The van der Waals surface area contributed by atoms with Crippen molar-refractivity contribution >= 4 is 69.0 Å². The summed E-state index contributed by atoms with van der Waals surface area (Å²) in [4.78, 5) is 15.3. The topological polar surface area (TPSA) is 77.9 Å². The van der Waals surface area contributed by atoms with Crippen LogP contribution in [0, 0.1) is 5.41 Å². The number of rotatable bonds is 5. The predicted octanol–water partition coefficient (Wildman–Crippen LogP) is 4.21. The van der Waals surface area contributed by atoms with Crippen LogP contribution in [0.4, 0.5) is 10.8 Å². The van der Waals surface area contributed by atoms with Gasteiger partial charge in [-0.2, -0.15) is 0 Å². The minimum absolute atomic E-state index is 0. The Bertz CT molecular complexity index is 658. The average molecular weight is 462 g/mol. The molecule has 1 heterocycles.